The van der Waals surface area contributed by atoms with Crippen LogP contribution >= 0.6 is 11.3 Å². The Morgan fingerprint density at radius 3 is 2.62 bits per heavy atom. The molecule has 0 aliphatic heterocycles. The van der Waals surface area contributed by atoms with E-state index in [-0.39, 0.29) is 17.6 Å². The van der Waals surface area contributed by atoms with Crippen LogP contribution in [-0.2, 0) is 4.79 Å². The van der Waals surface area contributed by atoms with E-state index < -0.39 is 0 Å². The van der Waals surface area contributed by atoms with E-state index >= 15 is 0 Å². The minimum Gasteiger partial charge on any atom is -0.302 e. The fourth-order valence-electron chi connectivity index (χ4n) is 2.66. The fraction of sp³-hybridized carbons (Fsp3) is 0.375. The number of nitrogens with one attached hydrogen (secondary N) is 1. The molecule has 0 atom stereocenters. The van der Waals surface area contributed by atoms with Crippen molar-refractivity contribution in [3.05, 3.63) is 35.5 Å². The van der Waals surface area contributed by atoms with Crippen LogP contribution in [0.3, 0.4) is 0 Å². The molecule has 1 aromatic carbocycles. The predicted molar refractivity (Wildman–Crippen MR) is 82.7 cm³/mol. The lowest BCUT2D eigenvalue weighted by atomic mass is 9.89. The zero-order valence-electron chi connectivity index (χ0n) is 11.6. The molecular formula is C16H17FN2OS. The first-order chi connectivity index (χ1) is 10.2. The molecule has 0 spiro atoms. The van der Waals surface area contributed by atoms with Gasteiger partial charge in [0.1, 0.15) is 5.82 Å². The molecule has 1 fully saturated rings. The standard InChI is InChI=1S/C16H17FN2OS/c17-13-8-6-11(7-9-13)14-10-21-16(18-14)19-15(20)12-4-2-1-3-5-12/h6-10,12H,1-5H2,(H,18,19,20). The molecule has 0 bridgehead atoms. The molecule has 3 nitrogen and oxygen atoms in total. The summed E-state index contributed by atoms with van der Waals surface area (Å²) < 4.78 is 12.9. The maximum Gasteiger partial charge on any atom is 0.229 e. The number of carbonyl (C=O) groups is 1. The highest BCUT2D eigenvalue weighted by Crippen LogP contribution is 2.28. The zero-order valence-corrected chi connectivity index (χ0v) is 12.5. The molecule has 1 saturated carbocycles. The van der Waals surface area contributed by atoms with Gasteiger partial charge in [0.05, 0.1) is 5.69 Å². The third-order valence-corrected chi connectivity index (χ3v) is 4.61. The molecule has 1 aliphatic rings. The van der Waals surface area contributed by atoms with Crippen molar-refractivity contribution < 1.29 is 9.18 Å². The lowest BCUT2D eigenvalue weighted by Crippen LogP contribution is -2.24. The van der Waals surface area contributed by atoms with Gasteiger partial charge in [-0.2, -0.15) is 0 Å². The second-order valence-electron chi connectivity index (χ2n) is 5.37. The van der Waals surface area contributed by atoms with E-state index in [1.165, 1.54) is 29.9 Å². The number of benzene rings is 1. The van der Waals surface area contributed by atoms with Gasteiger partial charge in [-0.15, -0.1) is 11.3 Å². The molecule has 0 radical (unpaired) electrons. The average molecular weight is 304 g/mol. The SMILES string of the molecule is O=C(Nc1nc(-c2ccc(F)cc2)cs1)C1CCCCC1. The first kappa shape index (κ1) is 14.2. The highest BCUT2D eigenvalue weighted by Gasteiger charge is 2.21. The van der Waals surface area contributed by atoms with Crippen LogP contribution < -0.4 is 5.32 Å². The number of rotatable bonds is 3. The van der Waals surface area contributed by atoms with Crippen LogP contribution in [0.1, 0.15) is 32.1 Å². The van der Waals surface area contributed by atoms with Gasteiger partial charge in [-0.25, -0.2) is 9.37 Å². The highest BCUT2D eigenvalue weighted by molar-refractivity contribution is 7.14. The van der Waals surface area contributed by atoms with E-state index in [0.717, 1.165) is 36.9 Å². The number of halogens is 1. The Kier molecular flexibility index (Phi) is 4.29. The largest absolute Gasteiger partial charge is 0.302 e. The van der Waals surface area contributed by atoms with Gasteiger partial charge in [0.2, 0.25) is 5.91 Å². The second kappa shape index (κ2) is 6.35. The molecule has 3 rings (SSSR count). The molecule has 0 saturated heterocycles. The van der Waals surface area contributed by atoms with Crippen molar-refractivity contribution in [2.45, 2.75) is 32.1 Å². The molecular weight excluding hydrogens is 287 g/mol. The molecule has 5 heteroatoms. The first-order valence-corrected chi connectivity index (χ1v) is 8.13. The molecule has 1 N–H and O–H groups in total. The smallest absolute Gasteiger partial charge is 0.229 e. The summed E-state index contributed by atoms with van der Waals surface area (Å²) >= 11 is 1.40. The van der Waals surface area contributed by atoms with Crippen molar-refractivity contribution in [2.75, 3.05) is 5.32 Å². The Bertz CT molecular complexity index is 617. The van der Waals surface area contributed by atoms with Gasteiger partial charge in [-0.05, 0) is 37.1 Å². The summed E-state index contributed by atoms with van der Waals surface area (Å²) in [6.07, 6.45) is 5.45. The minimum atomic E-state index is -0.264. The van der Waals surface area contributed by atoms with Crippen LogP contribution in [0.5, 0.6) is 0 Å². The molecule has 1 heterocycles. The van der Waals surface area contributed by atoms with Crippen molar-refractivity contribution in [1.82, 2.24) is 4.98 Å². The maximum atomic E-state index is 12.9. The van der Waals surface area contributed by atoms with E-state index in [0.29, 0.717) is 5.13 Å². The van der Waals surface area contributed by atoms with Crippen LogP contribution in [0.15, 0.2) is 29.6 Å². The second-order valence-corrected chi connectivity index (χ2v) is 6.23. The summed E-state index contributed by atoms with van der Waals surface area (Å²) in [5.41, 5.74) is 1.62. The van der Waals surface area contributed by atoms with E-state index in [2.05, 4.69) is 10.3 Å². The third kappa shape index (κ3) is 3.47. The van der Waals surface area contributed by atoms with E-state index in [9.17, 15) is 9.18 Å². The number of aromatic nitrogens is 1. The van der Waals surface area contributed by atoms with Crippen LogP contribution in [0.4, 0.5) is 9.52 Å². The van der Waals surface area contributed by atoms with Crippen molar-refractivity contribution in [1.29, 1.82) is 0 Å². The van der Waals surface area contributed by atoms with Gasteiger partial charge in [-0.1, -0.05) is 19.3 Å². The molecule has 1 aliphatic carbocycles. The minimum absolute atomic E-state index is 0.0784. The van der Waals surface area contributed by atoms with Crippen molar-refractivity contribution in [2.24, 2.45) is 5.92 Å². The Hall–Kier alpha value is -1.75. The van der Waals surface area contributed by atoms with E-state index in [1.54, 1.807) is 12.1 Å². The summed E-state index contributed by atoms with van der Waals surface area (Å²) in [4.78, 5) is 16.6. The molecule has 2 aromatic rings. The summed E-state index contributed by atoms with van der Waals surface area (Å²) in [6.45, 7) is 0. The number of anilines is 1. The molecule has 0 unspecified atom stereocenters. The molecule has 1 aromatic heterocycles. The summed E-state index contributed by atoms with van der Waals surface area (Å²) in [7, 11) is 0. The first-order valence-electron chi connectivity index (χ1n) is 7.25. The van der Waals surface area contributed by atoms with Gasteiger partial charge in [0.25, 0.3) is 0 Å². The lowest BCUT2D eigenvalue weighted by molar-refractivity contribution is -0.120. The van der Waals surface area contributed by atoms with E-state index in [4.69, 9.17) is 0 Å². The van der Waals surface area contributed by atoms with Crippen LogP contribution in [0.25, 0.3) is 11.3 Å². The maximum absolute atomic E-state index is 12.9. The van der Waals surface area contributed by atoms with Gasteiger partial charge in [-0.3, -0.25) is 4.79 Å². The van der Waals surface area contributed by atoms with Crippen LogP contribution in [0, 0.1) is 11.7 Å². The Balaban J connectivity index is 1.67. The number of carbonyl (C=O) groups excluding carboxylic acids is 1. The lowest BCUT2D eigenvalue weighted by Gasteiger charge is -2.19. The summed E-state index contributed by atoms with van der Waals surface area (Å²) in [5, 5.41) is 5.40. The van der Waals surface area contributed by atoms with Gasteiger partial charge < -0.3 is 5.32 Å². The number of hydrogen-bond donors (Lipinski definition) is 1. The molecule has 1 amide bonds. The van der Waals surface area contributed by atoms with Crippen LogP contribution in [0.2, 0.25) is 0 Å². The quantitative estimate of drug-likeness (QED) is 0.909. The van der Waals surface area contributed by atoms with Gasteiger partial charge >= 0.3 is 0 Å². The normalized spacial score (nSPS) is 15.9. The average Bonchev–Trinajstić information content (AvgIpc) is 2.97. The predicted octanol–water partition coefficient (Wildman–Crippen LogP) is 4.47. The monoisotopic (exact) mass is 304 g/mol. The third-order valence-electron chi connectivity index (χ3n) is 3.85. The zero-order chi connectivity index (χ0) is 14.7. The topological polar surface area (TPSA) is 42.0 Å². The Morgan fingerprint density at radius 1 is 1.19 bits per heavy atom. The van der Waals surface area contributed by atoms with Gasteiger partial charge in [0.15, 0.2) is 5.13 Å². The molecule has 21 heavy (non-hydrogen) atoms. The number of thiazole rings is 1. The van der Waals surface area contributed by atoms with Gasteiger partial charge in [0, 0.05) is 16.9 Å². The van der Waals surface area contributed by atoms with E-state index in [1.807, 2.05) is 5.38 Å². The van der Waals surface area contributed by atoms with Crippen molar-refractivity contribution in [3.8, 4) is 11.3 Å². The Morgan fingerprint density at radius 2 is 1.90 bits per heavy atom. The summed E-state index contributed by atoms with van der Waals surface area (Å²) in [6, 6.07) is 6.21. The van der Waals surface area contributed by atoms with Crippen molar-refractivity contribution in [3.63, 3.8) is 0 Å². The number of hydrogen-bond acceptors (Lipinski definition) is 3. The Labute approximate surface area is 127 Å². The fourth-order valence-corrected chi connectivity index (χ4v) is 3.38. The highest BCUT2D eigenvalue weighted by atomic mass is 32.1. The molecule has 110 valence electrons. The van der Waals surface area contributed by atoms with Crippen LogP contribution in [-0.4, -0.2) is 10.9 Å². The number of amides is 1. The summed E-state index contributed by atoms with van der Waals surface area (Å²) in [5.74, 6) is -0.0635. The van der Waals surface area contributed by atoms with Crippen molar-refractivity contribution >= 4 is 22.4 Å². The number of nitrogens with zero attached hydrogens (tertiary/aromatic N) is 1.